The smallest absolute Gasteiger partial charge is 0.157 e. The molecule has 0 bridgehead atoms. The average molecular weight is 232 g/mol. The number of aromatic nitrogens is 3. The lowest BCUT2D eigenvalue weighted by Gasteiger charge is -2.08. The van der Waals surface area contributed by atoms with Crippen LogP contribution in [0.2, 0.25) is 0 Å². The number of nitrogens with zero attached hydrogens (tertiary/aromatic N) is 3. The second-order valence-electron chi connectivity index (χ2n) is 3.70. The van der Waals surface area contributed by atoms with E-state index in [1.807, 2.05) is 6.92 Å². The van der Waals surface area contributed by atoms with Gasteiger partial charge in [-0.3, -0.25) is 4.68 Å². The van der Waals surface area contributed by atoms with E-state index in [-0.39, 0.29) is 17.4 Å². The van der Waals surface area contributed by atoms with Crippen LogP contribution in [-0.2, 0) is 22.6 Å². The summed E-state index contributed by atoms with van der Waals surface area (Å²) in [6.45, 7) is 2.19. The second-order valence-corrected chi connectivity index (χ2v) is 5.80. The van der Waals surface area contributed by atoms with Gasteiger partial charge in [-0.1, -0.05) is 6.92 Å². The van der Waals surface area contributed by atoms with Gasteiger partial charge < -0.3 is 5.73 Å². The number of hydrogen-bond acceptors (Lipinski definition) is 5. The molecule has 0 amide bonds. The summed E-state index contributed by atoms with van der Waals surface area (Å²) in [6.07, 6.45) is 1.34. The highest BCUT2D eigenvalue weighted by molar-refractivity contribution is 7.90. The fourth-order valence-electron chi connectivity index (χ4n) is 1.21. The van der Waals surface area contributed by atoms with Crippen molar-refractivity contribution in [2.45, 2.75) is 12.7 Å². The minimum atomic E-state index is -3.14. The maximum atomic E-state index is 11.7. The topological polar surface area (TPSA) is 90.9 Å². The van der Waals surface area contributed by atoms with E-state index < -0.39 is 9.84 Å². The highest BCUT2D eigenvalue weighted by atomic mass is 32.2. The lowest BCUT2D eigenvalue weighted by molar-refractivity contribution is 0.569. The van der Waals surface area contributed by atoms with Gasteiger partial charge in [0.1, 0.15) is 17.9 Å². The third-order valence-electron chi connectivity index (χ3n) is 2.09. The van der Waals surface area contributed by atoms with Gasteiger partial charge >= 0.3 is 0 Å². The van der Waals surface area contributed by atoms with Gasteiger partial charge in [-0.15, -0.1) is 0 Å². The maximum Gasteiger partial charge on any atom is 0.157 e. The molecule has 15 heavy (non-hydrogen) atoms. The van der Waals surface area contributed by atoms with Crippen molar-refractivity contribution >= 4 is 9.84 Å². The van der Waals surface area contributed by atoms with Gasteiger partial charge in [0, 0.05) is 7.05 Å². The van der Waals surface area contributed by atoms with Gasteiger partial charge in [0.05, 0.1) is 5.75 Å². The third kappa shape index (κ3) is 3.60. The highest BCUT2D eigenvalue weighted by Gasteiger charge is 2.18. The van der Waals surface area contributed by atoms with Crippen LogP contribution in [0.4, 0.5) is 0 Å². The summed E-state index contributed by atoms with van der Waals surface area (Å²) < 4.78 is 24.8. The first kappa shape index (κ1) is 12.1. The fourth-order valence-corrected chi connectivity index (χ4v) is 2.98. The molecule has 1 heterocycles. The van der Waals surface area contributed by atoms with E-state index in [1.54, 1.807) is 7.05 Å². The van der Waals surface area contributed by atoms with Crippen LogP contribution in [0.5, 0.6) is 0 Å². The van der Waals surface area contributed by atoms with Crippen LogP contribution < -0.4 is 5.73 Å². The number of nitrogens with two attached hydrogens (primary N) is 1. The minimum Gasteiger partial charge on any atom is -0.330 e. The lowest BCUT2D eigenvalue weighted by atomic mass is 10.2. The van der Waals surface area contributed by atoms with Crippen molar-refractivity contribution in [3.8, 4) is 0 Å². The average Bonchev–Trinajstić information content (AvgIpc) is 2.50. The largest absolute Gasteiger partial charge is 0.330 e. The Morgan fingerprint density at radius 2 is 2.27 bits per heavy atom. The first-order valence-corrected chi connectivity index (χ1v) is 6.50. The van der Waals surface area contributed by atoms with Crippen molar-refractivity contribution in [1.29, 1.82) is 0 Å². The minimum absolute atomic E-state index is 0.0248. The summed E-state index contributed by atoms with van der Waals surface area (Å²) in [5.41, 5.74) is 5.38. The van der Waals surface area contributed by atoms with E-state index in [2.05, 4.69) is 10.1 Å². The predicted octanol–water partition coefficient (Wildman–Crippen LogP) is -0.675. The Hall–Kier alpha value is -0.950. The first-order valence-electron chi connectivity index (χ1n) is 4.68. The molecule has 1 atom stereocenters. The van der Waals surface area contributed by atoms with Crippen LogP contribution in [-0.4, -0.2) is 35.5 Å². The second kappa shape index (κ2) is 4.71. The maximum absolute atomic E-state index is 11.7. The zero-order valence-corrected chi connectivity index (χ0v) is 9.74. The van der Waals surface area contributed by atoms with Crippen LogP contribution >= 0.6 is 0 Å². The summed E-state index contributed by atoms with van der Waals surface area (Å²) >= 11 is 0. The lowest BCUT2D eigenvalue weighted by Crippen LogP contribution is -2.23. The predicted molar refractivity (Wildman–Crippen MR) is 56.7 cm³/mol. The number of sulfone groups is 1. The molecule has 0 spiro atoms. The van der Waals surface area contributed by atoms with Crippen molar-refractivity contribution < 1.29 is 8.42 Å². The zero-order chi connectivity index (χ0) is 11.5. The Kier molecular flexibility index (Phi) is 3.81. The Morgan fingerprint density at radius 3 is 2.73 bits per heavy atom. The number of rotatable bonds is 5. The van der Waals surface area contributed by atoms with Crippen molar-refractivity contribution in [3.05, 3.63) is 12.2 Å². The molecule has 1 aromatic rings. The normalized spacial score (nSPS) is 14.1. The van der Waals surface area contributed by atoms with Crippen molar-refractivity contribution in [1.82, 2.24) is 14.8 Å². The summed E-state index contributed by atoms with van der Waals surface area (Å²) in [4.78, 5) is 3.88. The van der Waals surface area contributed by atoms with Crippen LogP contribution in [0.15, 0.2) is 6.33 Å². The molecule has 6 nitrogen and oxygen atoms in total. The monoisotopic (exact) mass is 232 g/mol. The third-order valence-corrected chi connectivity index (χ3v) is 3.87. The van der Waals surface area contributed by atoms with E-state index in [9.17, 15) is 8.42 Å². The van der Waals surface area contributed by atoms with Gasteiger partial charge in [0.2, 0.25) is 0 Å². The molecule has 0 radical (unpaired) electrons. The standard InChI is InChI=1S/C8H16N4O2S/c1-7(3-9)4-15(13,14)5-8-10-6-11-12(8)2/h6-7H,3-5,9H2,1-2H3. The zero-order valence-electron chi connectivity index (χ0n) is 8.92. The number of aryl methyl sites for hydroxylation is 1. The van der Waals surface area contributed by atoms with E-state index in [4.69, 9.17) is 5.73 Å². The van der Waals surface area contributed by atoms with Gasteiger partial charge in [0.25, 0.3) is 0 Å². The fraction of sp³-hybridized carbons (Fsp3) is 0.750. The van der Waals surface area contributed by atoms with Crippen LogP contribution in [0.1, 0.15) is 12.7 Å². The molecule has 0 aromatic carbocycles. The molecular weight excluding hydrogens is 216 g/mol. The summed E-state index contributed by atoms with van der Waals surface area (Å²) in [7, 11) is -1.47. The molecular formula is C8H16N4O2S. The molecule has 0 aliphatic heterocycles. The van der Waals surface area contributed by atoms with Crippen molar-refractivity contribution in [2.75, 3.05) is 12.3 Å². The summed E-state index contributed by atoms with van der Waals surface area (Å²) in [5.74, 6) is 0.451. The molecule has 1 rings (SSSR count). The van der Waals surface area contributed by atoms with E-state index in [0.717, 1.165) is 0 Å². The molecule has 2 N–H and O–H groups in total. The van der Waals surface area contributed by atoms with E-state index >= 15 is 0 Å². The van der Waals surface area contributed by atoms with Gasteiger partial charge in [-0.25, -0.2) is 13.4 Å². The van der Waals surface area contributed by atoms with Crippen molar-refractivity contribution in [2.24, 2.45) is 18.7 Å². The molecule has 86 valence electrons. The van der Waals surface area contributed by atoms with Crippen LogP contribution in [0.25, 0.3) is 0 Å². The highest BCUT2D eigenvalue weighted by Crippen LogP contribution is 2.06. The summed E-state index contributed by atoms with van der Waals surface area (Å²) in [6, 6.07) is 0. The molecule has 0 aliphatic carbocycles. The molecule has 0 saturated carbocycles. The van der Waals surface area contributed by atoms with Crippen molar-refractivity contribution in [3.63, 3.8) is 0 Å². The SMILES string of the molecule is CC(CN)CS(=O)(=O)Cc1ncnn1C. The van der Waals surface area contributed by atoms with E-state index in [1.165, 1.54) is 11.0 Å². The molecule has 7 heteroatoms. The Bertz CT molecular complexity index is 412. The van der Waals surface area contributed by atoms with Crippen LogP contribution in [0, 0.1) is 5.92 Å². The first-order chi connectivity index (χ1) is 6.94. The van der Waals surface area contributed by atoms with E-state index in [0.29, 0.717) is 12.4 Å². The Morgan fingerprint density at radius 1 is 1.60 bits per heavy atom. The van der Waals surface area contributed by atoms with Gasteiger partial charge in [-0.2, -0.15) is 5.10 Å². The summed E-state index contributed by atoms with van der Waals surface area (Å²) in [5, 5.41) is 3.82. The Balaban J connectivity index is 2.69. The molecule has 1 aromatic heterocycles. The van der Waals surface area contributed by atoms with Gasteiger partial charge in [0.15, 0.2) is 9.84 Å². The Labute approximate surface area is 89.4 Å². The van der Waals surface area contributed by atoms with Crippen LogP contribution in [0.3, 0.4) is 0 Å². The molecule has 0 fully saturated rings. The molecule has 0 aliphatic rings. The molecule has 0 saturated heterocycles. The molecule has 1 unspecified atom stereocenters. The number of hydrogen-bond donors (Lipinski definition) is 1. The quantitative estimate of drug-likeness (QED) is 0.726. The van der Waals surface area contributed by atoms with Gasteiger partial charge in [-0.05, 0) is 12.5 Å².